The van der Waals surface area contributed by atoms with Crippen LogP contribution in [0.5, 0.6) is 0 Å². The second kappa shape index (κ2) is 5.39. The number of aliphatic carboxylic acids is 1. The number of hydrogen-bond acceptors (Lipinski definition) is 2. The number of hydrogen-bond donors (Lipinski definition) is 2. The van der Waals surface area contributed by atoms with Gasteiger partial charge in [-0.05, 0) is 24.3 Å². The Hall–Kier alpha value is -1.56. The molecule has 1 aromatic carbocycles. The van der Waals surface area contributed by atoms with Gasteiger partial charge in [0.2, 0.25) is 0 Å². The molecule has 1 heterocycles. The van der Waals surface area contributed by atoms with Crippen molar-refractivity contribution in [2.45, 2.75) is 6.42 Å². The zero-order valence-electron chi connectivity index (χ0n) is 9.60. The Bertz CT molecular complexity index is 461. The van der Waals surface area contributed by atoms with Gasteiger partial charge in [-0.3, -0.25) is 9.69 Å². The van der Waals surface area contributed by atoms with E-state index in [0.29, 0.717) is 13.1 Å². The second-order valence-electron chi connectivity index (χ2n) is 4.24. The van der Waals surface area contributed by atoms with Gasteiger partial charge in [-0.25, -0.2) is 4.79 Å². The summed E-state index contributed by atoms with van der Waals surface area (Å²) in [6.45, 7) is 0.845. The Morgan fingerprint density at radius 1 is 1.44 bits per heavy atom. The predicted molar refractivity (Wildman–Crippen MR) is 70.6 cm³/mol. The van der Waals surface area contributed by atoms with Crippen molar-refractivity contribution in [1.82, 2.24) is 5.32 Å². The lowest BCUT2D eigenvalue weighted by molar-refractivity contribution is -0.138. The summed E-state index contributed by atoms with van der Waals surface area (Å²) in [6.07, 6.45) is 0.0628. The molecule has 2 N–H and O–H groups in total. The Balaban J connectivity index is 2.12. The number of urea groups is 1. The number of carboxylic acids is 1. The Labute approximate surface area is 113 Å². The SMILES string of the molecule is O=C(O)CC1CNC(=O)N(c2ccc(Br)cc2)C1. The van der Waals surface area contributed by atoms with Crippen LogP contribution < -0.4 is 10.2 Å². The minimum atomic E-state index is -0.841. The number of halogens is 1. The first-order valence-electron chi connectivity index (χ1n) is 5.59. The summed E-state index contributed by atoms with van der Waals surface area (Å²) in [6, 6.07) is 7.17. The number of nitrogens with one attached hydrogen (secondary N) is 1. The fourth-order valence-electron chi connectivity index (χ4n) is 1.96. The molecule has 1 aliphatic rings. The summed E-state index contributed by atoms with van der Waals surface area (Å²) >= 11 is 3.33. The number of carboxylic acid groups (broad SMARTS) is 1. The fraction of sp³-hybridized carbons (Fsp3) is 0.333. The van der Waals surface area contributed by atoms with Crippen LogP contribution in [0.3, 0.4) is 0 Å². The lowest BCUT2D eigenvalue weighted by atomic mass is 10.0. The highest BCUT2D eigenvalue weighted by Crippen LogP contribution is 2.22. The van der Waals surface area contributed by atoms with Crippen molar-refractivity contribution in [1.29, 1.82) is 0 Å². The van der Waals surface area contributed by atoms with E-state index in [-0.39, 0.29) is 18.4 Å². The van der Waals surface area contributed by atoms with Gasteiger partial charge in [-0.15, -0.1) is 0 Å². The van der Waals surface area contributed by atoms with Gasteiger partial charge >= 0.3 is 12.0 Å². The number of amides is 2. The number of benzene rings is 1. The molecule has 2 rings (SSSR count). The first-order valence-corrected chi connectivity index (χ1v) is 6.38. The third kappa shape index (κ3) is 3.01. The maximum atomic E-state index is 11.8. The van der Waals surface area contributed by atoms with Crippen molar-refractivity contribution in [2.75, 3.05) is 18.0 Å². The zero-order valence-corrected chi connectivity index (χ0v) is 11.2. The van der Waals surface area contributed by atoms with E-state index in [4.69, 9.17) is 5.11 Å². The van der Waals surface area contributed by atoms with Crippen LogP contribution in [-0.2, 0) is 4.79 Å². The molecule has 96 valence electrons. The minimum Gasteiger partial charge on any atom is -0.481 e. The summed E-state index contributed by atoms with van der Waals surface area (Å²) in [4.78, 5) is 24.0. The molecule has 2 amide bonds. The van der Waals surface area contributed by atoms with Gasteiger partial charge in [0, 0.05) is 29.2 Å². The van der Waals surface area contributed by atoms with E-state index in [1.807, 2.05) is 24.3 Å². The summed E-state index contributed by atoms with van der Waals surface area (Å²) in [5.74, 6) is -0.907. The molecule has 0 saturated carbocycles. The average molecular weight is 313 g/mol. The van der Waals surface area contributed by atoms with Crippen LogP contribution in [0.25, 0.3) is 0 Å². The Kier molecular flexibility index (Phi) is 3.86. The molecule has 1 atom stereocenters. The van der Waals surface area contributed by atoms with Crippen molar-refractivity contribution in [2.24, 2.45) is 5.92 Å². The van der Waals surface area contributed by atoms with Crippen LogP contribution in [0.4, 0.5) is 10.5 Å². The van der Waals surface area contributed by atoms with Crippen molar-refractivity contribution in [3.8, 4) is 0 Å². The molecule has 5 nitrogen and oxygen atoms in total. The lowest BCUT2D eigenvalue weighted by Gasteiger charge is -2.32. The number of rotatable bonds is 3. The minimum absolute atomic E-state index is 0.0628. The van der Waals surface area contributed by atoms with E-state index in [0.717, 1.165) is 10.2 Å². The highest BCUT2D eigenvalue weighted by Gasteiger charge is 2.27. The highest BCUT2D eigenvalue weighted by molar-refractivity contribution is 9.10. The third-order valence-corrected chi connectivity index (χ3v) is 3.36. The molecule has 1 fully saturated rings. The van der Waals surface area contributed by atoms with E-state index >= 15 is 0 Å². The second-order valence-corrected chi connectivity index (χ2v) is 5.15. The van der Waals surface area contributed by atoms with Crippen molar-refractivity contribution >= 4 is 33.6 Å². The molecule has 0 aromatic heterocycles. The van der Waals surface area contributed by atoms with E-state index < -0.39 is 5.97 Å². The maximum Gasteiger partial charge on any atom is 0.321 e. The molecule has 1 saturated heterocycles. The van der Waals surface area contributed by atoms with Gasteiger partial charge in [-0.2, -0.15) is 0 Å². The summed E-state index contributed by atoms with van der Waals surface area (Å²) in [5.41, 5.74) is 0.769. The van der Waals surface area contributed by atoms with Crippen LogP contribution in [0.1, 0.15) is 6.42 Å². The largest absolute Gasteiger partial charge is 0.481 e. The monoisotopic (exact) mass is 312 g/mol. The molecule has 0 spiro atoms. The number of anilines is 1. The Morgan fingerprint density at radius 2 is 2.11 bits per heavy atom. The fourth-order valence-corrected chi connectivity index (χ4v) is 2.22. The molecule has 0 aliphatic carbocycles. The van der Waals surface area contributed by atoms with Gasteiger partial charge in [0.15, 0.2) is 0 Å². The van der Waals surface area contributed by atoms with Gasteiger partial charge in [-0.1, -0.05) is 15.9 Å². The normalized spacial score (nSPS) is 19.5. The average Bonchev–Trinajstić information content (AvgIpc) is 2.32. The van der Waals surface area contributed by atoms with E-state index in [9.17, 15) is 9.59 Å². The first kappa shape index (κ1) is 12.9. The topological polar surface area (TPSA) is 69.6 Å². The standard InChI is InChI=1S/C12H13BrN2O3/c13-9-1-3-10(4-2-9)15-7-8(5-11(16)17)6-14-12(15)18/h1-4,8H,5-7H2,(H,14,18)(H,16,17). The molecule has 6 heteroatoms. The van der Waals surface area contributed by atoms with Crippen LogP contribution in [0.2, 0.25) is 0 Å². The number of carbonyl (C=O) groups is 2. The van der Waals surface area contributed by atoms with E-state index in [2.05, 4.69) is 21.2 Å². The van der Waals surface area contributed by atoms with Crippen LogP contribution >= 0.6 is 15.9 Å². The Morgan fingerprint density at radius 3 is 2.72 bits per heavy atom. The van der Waals surface area contributed by atoms with Gasteiger partial charge in [0.25, 0.3) is 0 Å². The van der Waals surface area contributed by atoms with Gasteiger partial charge in [0.1, 0.15) is 0 Å². The number of carbonyl (C=O) groups excluding carboxylic acids is 1. The summed E-state index contributed by atoms with van der Waals surface area (Å²) < 4.78 is 0.936. The van der Waals surface area contributed by atoms with E-state index in [1.165, 1.54) is 0 Å². The molecular formula is C12H13BrN2O3. The number of nitrogens with zero attached hydrogens (tertiary/aromatic N) is 1. The van der Waals surface area contributed by atoms with Crippen LogP contribution in [-0.4, -0.2) is 30.2 Å². The van der Waals surface area contributed by atoms with Crippen LogP contribution in [0.15, 0.2) is 28.7 Å². The lowest BCUT2D eigenvalue weighted by Crippen LogP contribution is -2.51. The van der Waals surface area contributed by atoms with Gasteiger partial charge < -0.3 is 10.4 Å². The van der Waals surface area contributed by atoms with Crippen molar-refractivity contribution < 1.29 is 14.7 Å². The molecule has 0 radical (unpaired) electrons. The summed E-state index contributed by atoms with van der Waals surface area (Å²) in [7, 11) is 0. The molecule has 18 heavy (non-hydrogen) atoms. The van der Waals surface area contributed by atoms with Crippen molar-refractivity contribution in [3.05, 3.63) is 28.7 Å². The predicted octanol–water partition coefficient (Wildman–Crippen LogP) is 2.07. The molecule has 1 aliphatic heterocycles. The van der Waals surface area contributed by atoms with Crippen LogP contribution in [0, 0.1) is 5.92 Å². The van der Waals surface area contributed by atoms with Crippen molar-refractivity contribution in [3.63, 3.8) is 0 Å². The quantitative estimate of drug-likeness (QED) is 0.897. The molecule has 0 bridgehead atoms. The zero-order chi connectivity index (χ0) is 13.1. The molecule has 1 unspecified atom stereocenters. The summed E-state index contributed by atoms with van der Waals surface area (Å²) in [5, 5.41) is 11.5. The third-order valence-electron chi connectivity index (χ3n) is 2.83. The van der Waals surface area contributed by atoms with Gasteiger partial charge in [0.05, 0.1) is 6.42 Å². The van der Waals surface area contributed by atoms with E-state index in [1.54, 1.807) is 4.90 Å². The molecule has 1 aromatic rings. The first-order chi connectivity index (χ1) is 8.56. The smallest absolute Gasteiger partial charge is 0.321 e. The maximum absolute atomic E-state index is 11.8. The molecular weight excluding hydrogens is 300 g/mol. The highest BCUT2D eigenvalue weighted by atomic mass is 79.9.